The number of carbonyl (C=O) groups excluding carboxylic acids is 1. The number of carboxylic acids is 1. The molecule has 0 aliphatic heterocycles. The Kier molecular flexibility index (Phi) is 6.36. The number of aromatic carboxylic acids is 1. The van der Waals surface area contributed by atoms with Crippen LogP contribution >= 0.6 is 24.0 Å². The Morgan fingerprint density at radius 3 is 2.35 bits per heavy atom. The number of hydrogen-bond acceptors (Lipinski definition) is 3. The molecule has 4 aromatic rings. The van der Waals surface area contributed by atoms with Gasteiger partial charge < -0.3 is 9.67 Å². The van der Waals surface area contributed by atoms with E-state index in [0.717, 1.165) is 39.9 Å². The van der Waals surface area contributed by atoms with Gasteiger partial charge in [0.15, 0.2) is 0 Å². The molecule has 1 fully saturated rings. The molecule has 1 N–H and O–H groups in total. The van der Waals surface area contributed by atoms with E-state index < -0.39 is 5.97 Å². The van der Waals surface area contributed by atoms with E-state index in [9.17, 15) is 14.7 Å². The van der Waals surface area contributed by atoms with Crippen LogP contribution in [0.25, 0.3) is 32.6 Å². The number of aryl methyl sites for hydroxylation is 1. The molecule has 1 aliphatic carbocycles. The number of thiophene rings is 1. The summed E-state index contributed by atoms with van der Waals surface area (Å²) in [6.45, 7) is 2.22. The molecule has 0 unspecified atom stereocenters. The molecule has 1 aliphatic rings. The fraction of sp³-hybridized carbons (Fsp3) is 0.286. The molecular formula is C28H27NO3S2. The van der Waals surface area contributed by atoms with Crippen LogP contribution in [0.3, 0.4) is 0 Å². The number of carbonyl (C=O) groups is 2. The normalized spacial score (nSPS) is 14.5. The van der Waals surface area contributed by atoms with Gasteiger partial charge in [-0.05, 0) is 59.6 Å². The summed E-state index contributed by atoms with van der Waals surface area (Å²) in [6, 6.07) is 18.6. The smallest absolute Gasteiger partial charge is 0.345 e. The first-order valence-corrected chi connectivity index (χ1v) is 13.0. The fourth-order valence-corrected chi connectivity index (χ4v) is 6.61. The molecule has 2 heterocycles. The highest BCUT2D eigenvalue weighted by atomic mass is 32.1. The predicted octanol–water partition coefficient (Wildman–Crippen LogP) is 7.55. The first kappa shape index (κ1) is 22.9. The van der Waals surface area contributed by atoms with Crippen LogP contribution in [0.4, 0.5) is 0 Å². The minimum absolute atomic E-state index is 0.108. The third-order valence-corrected chi connectivity index (χ3v) is 8.19. The molecule has 1 saturated carbocycles. The lowest BCUT2D eigenvalue weighted by Crippen LogP contribution is -2.09. The molecule has 0 atom stereocenters. The second-order valence-corrected chi connectivity index (χ2v) is 10.7. The van der Waals surface area contributed by atoms with Gasteiger partial charge in [0.2, 0.25) is 5.12 Å². The number of aromatic nitrogens is 1. The lowest BCUT2D eigenvalue weighted by atomic mass is 9.83. The zero-order valence-electron chi connectivity index (χ0n) is 19.1. The Hall–Kier alpha value is -2.83. The van der Waals surface area contributed by atoms with E-state index in [1.165, 1.54) is 47.3 Å². The van der Waals surface area contributed by atoms with Crippen molar-refractivity contribution in [2.75, 3.05) is 0 Å². The van der Waals surface area contributed by atoms with Crippen molar-refractivity contribution in [1.82, 2.24) is 4.57 Å². The van der Waals surface area contributed by atoms with Crippen LogP contribution in [0.15, 0.2) is 54.6 Å². The maximum Gasteiger partial charge on any atom is 0.345 e. The molecule has 0 saturated heterocycles. The Labute approximate surface area is 208 Å². The zero-order valence-corrected chi connectivity index (χ0v) is 20.8. The van der Waals surface area contributed by atoms with Crippen molar-refractivity contribution in [2.24, 2.45) is 0 Å². The quantitative estimate of drug-likeness (QED) is 0.275. The predicted molar refractivity (Wildman–Crippen MR) is 142 cm³/mol. The molecule has 5 rings (SSSR count). The van der Waals surface area contributed by atoms with Crippen molar-refractivity contribution >= 4 is 45.3 Å². The number of thiol groups is 1. The van der Waals surface area contributed by atoms with Gasteiger partial charge in [0.05, 0.1) is 22.5 Å². The third-order valence-electron chi connectivity index (χ3n) is 6.90. The summed E-state index contributed by atoms with van der Waals surface area (Å²) in [6.07, 6.45) is 5.75. The van der Waals surface area contributed by atoms with Crippen molar-refractivity contribution in [3.63, 3.8) is 0 Å². The maximum atomic E-state index is 12.2. The third kappa shape index (κ3) is 4.21. The van der Waals surface area contributed by atoms with Crippen LogP contribution < -0.4 is 0 Å². The number of fused-ring (bicyclic) bond motifs is 1. The average Bonchev–Trinajstić information content (AvgIpc) is 3.38. The summed E-state index contributed by atoms with van der Waals surface area (Å²) in [5.74, 6) is -0.567. The van der Waals surface area contributed by atoms with E-state index in [1.807, 2.05) is 10.6 Å². The van der Waals surface area contributed by atoms with Crippen molar-refractivity contribution in [3.05, 3.63) is 70.6 Å². The lowest BCUT2D eigenvalue weighted by Gasteiger charge is -2.23. The number of carboxylic acid groups (broad SMARTS) is 1. The molecule has 34 heavy (non-hydrogen) atoms. The summed E-state index contributed by atoms with van der Waals surface area (Å²) in [5.41, 5.74) is 7.68. The lowest BCUT2D eigenvalue weighted by molar-refractivity contribution is -0.111. The minimum Gasteiger partial charge on any atom is -0.477 e. The summed E-state index contributed by atoms with van der Waals surface area (Å²) in [7, 11) is 0. The molecule has 2 aromatic heterocycles. The van der Waals surface area contributed by atoms with E-state index in [-0.39, 0.29) is 11.7 Å². The highest BCUT2D eigenvalue weighted by Gasteiger charge is 2.29. The highest BCUT2D eigenvalue weighted by molar-refractivity contribution is 7.96. The molecule has 6 heteroatoms. The van der Waals surface area contributed by atoms with Gasteiger partial charge in [-0.3, -0.25) is 4.79 Å². The largest absolute Gasteiger partial charge is 0.477 e. The van der Waals surface area contributed by atoms with E-state index in [4.69, 9.17) is 0 Å². The SMILES string of the molecule is Cc1ccccc1-c1ccc(-c2c(C3CCCCC3)c3sc(C(=O)O)cc3n2CC(=O)S)cc1. The van der Waals surface area contributed by atoms with Gasteiger partial charge in [-0.15, -0.1) is 24.0 Å². The van der Waals surface area contributed by atoms with E-state index in [2.05, 4.69) is 62.0 Å². The zero-order chi connectivity index (χ0) is 23.8. The molecular weight excluding hydrogens is 462 g/mol. The van der Waals surface area contributed by atoms with Crippen LogP contribution in [0.1, 0.15) is 58.8 Å². The second kappa shape index (κ2) is 9.43. The summed E-state index contributed by atoms with van der Waals surface area (Å²) >= 11 is 5.41. The van der Waals surface area contributed by atoms with Gasteiger partial charge in [-0.25, -0.2) is 4.79 Å². The van der Waals surface area contributed by atoms with Gasteiger partial charge in [-0.1, -0.05) is 67.8 Å². The van der Waals surface area contributed by atoms with Gasteiger partial charge in [0.25, 0.3) is 0 Å². The maximum absolute atomic E-state index is 12.2. The average molecular weight is 490 g/mol. The van der Waals surface area contributed by atoms with Crippen LogP contribution in [0.5, 0.6) is 0 Å². The monoisotopic (exact) mass is 489 g/mol. The van der Waals surface area contributed by atoms with Crippen LogP contribution in [-0.4, -0.2) is 20.8 Å². The van der Waals surface area contributed by atoms with E-state index in [0.29, 0.717) is 10.8 Å². The Morgan fingerprint density at radius 1 is 1.03 bits per heavy atom. The van der Waals surface area contributed by atoms with E-state index in [1.54, 1.807) is 6.07 Å². The Balaban J connectivity index is 1.71. The highest BCUT2D eigenvalue weighted by Crippen LogP contribution is 2.47. The number of nitrogens with zero attached hydrogens (tertiary/aromatic N) is 1. The first-order valence-electron chi connectivity index (χ1n) is 11.7. The van der Waals surface area contributed by atoms with E-state index >= 15 is 0 Å². The van der Waals surface area contributed by atoms with Gasteiger partial charge in [0, 0.05) is 0 Å². The minimum atomic E-state index is -0.927. The molecule has 0 radical (unpaired) electrons. The Morgan fingerprint density at radius 2 is 1.71 bits per heavy atom. The van der Waals surface area contributed by atoms with Crippen molar-refractivity contribution in [1.29, 1.82) is 0 Å². The second-order valence-electron chi connectivity index (χ2n) is 9.10. The number of hydrogen-bond donors (Lipinski definition) is 2. The van der Waals surface area contributed by atoms with Gasteiger partial charge in [-0.2, -0.15) is 0 Å². The molecule has 2 aromatic carbocycles. The summed E-state index contributed by atoms with van der Waals surface area (Å²) in [4.78, 5) is 24.2. The van der Waals surface area contributed by atoms with Crippen molar-refractivity contribution in [2.45, 2.75) is 51.5 Å². The topological polar surface area (TPSA) is 59.3 Å². The molecule has 4 nitrogen and oxygen atoms in total. The standard InChI is InChI=1S/C28H27NO3S2/c1-17-7-5-6-10-21(17)18-11-13-20(14-12-18)26-25(19-8-3-2-4-9-19)27-22(29(26)16-24(30)33)15-23(34-27)28(31)32/h5-7,10-15,19H,2-4,8-9,16H2,1H3,(H,30,33)(H,31,32). The molecule has 0 bridgehead atoms. The van der Waals surface area contributed by atoms with Crippen molar-refractivity contribution in [3.8, 4) is 22.4 Å². The molecule has 0 amide bonds. The Bertz CT molecular complexity index is 1370. The van der Waals surface area contributed by atoms with Crippen LogP contribution in [-0.2, 0) is 11.3 Å². The number of benzene rings is 2. The first-order chi connectivity index (χ1) is 16.4. The van der Waals surface area contributed by atoms with Crippen LogP contribution in [0.2, 0.25) is 0 Å². The van der Waals surface area contributed by atoms with Crippen molar-refractivity contribution < 1.29 is 14.7 Å². The van der Waals surface area contributed by atoms with Gasteiger partial charge in [0.1, 0.15) is 4.88 Å². The number of rotatable bonds is 6. The van der Waals surface area contributed by atoms with Crippen LogP contribution in [0, 0.1) is 6.92 Å². The summed E-state index contributed by atoms with van der Waals surface area (Å²) in [5, 5.41) is 9.40. The molecule has 174 valence electrons. The molecule has 0 spiro atoms. The fourth-order valence-electron chi connectivity index (χ4n) is 5.34. The summed E-state index contributed by atoms with van der Waals surface area (Å²) < 4.78 is 2.98. The van der Waals surface area contributed by atoms with Gasteiger partial charge >= 0.3 is 5.97 Å².